The van der Waals surface area contributed by atoms with E-state index in [1.807, 2.05) is 50.2 Å². The highest BCUT2D eigenvalue weighted by atomic mass is 16.5. The Labute approximate surface area is 164 Å². The highest BCUT2D eigenvalue weighted by Gasteiger charge is 2.32. The van der Waals surface area contributed by atoms with Crippen molar-refractivity contribution in [3.05, 3.63) is 46.8 Å². The van der Waals surface area contributed by atoms with Crippen LogP contribution in [0.5, 0.6) is 5.75 Å². The van der Waals surface area contributed by atoms with E-state index in [1.54, 1.807) is 16.7 Å². The number of hydrogen-bond donors (Lipinski definition) is 1. The molecule has 1 aliphatic rings. The van der Waals surface area contributed by atoms with Crippen molar-refractivity contribution in [3.63, 3.8) is 0 Å². The average Bonchev–Trinajstić information content (AvgIpc) is 3.05. The van der Waals surface area contributed by atoms with Crippen LogP contribution in [-0.2, 0) is 24.3 Å². The van der Waals surface area contributed by atoms with Crippen LogP contribution in [0, 0.1) is 0 Å². The third kappa shape index (κ3) is 3.87. The SMILES string of the molecule is COc1ccc(Cn2nc(C(=O)O)c3c2CCN(C(=O)[C@@H](C)N(C)C)C3)cc1. The second-order valence-electron chi connectivity index (χ2n) is 7.23. The molecule has 3 rings (SSSR count). The van der Waals surface area contributed by atoms with E-state index in [0.29, 0.717) is 25.1 Å². The number of aromatic nitrogens is 2. The van der Waals surface area contributed by atoms with Crippen molar-refractivity contribution in [3.8, 4) is 5.75 Å². The average molecular weight is 386 g/mol. The Bertz CT molecular complexity index is 873. The molecule has 0 radical (unpaired) electrons. The first-order valence-corrected chi connectivity index (χ1v) is 9.21. The molecule has 0 aliphatic carbocycles. The lowest BCUT2D eigenvalue weighted by Gasteiger charge is -2.31. The molecule has 0 spiro atoms. The number of benzene rings is 1. The largest absolute Gasteiger partial charge is 0.497 e. The molecule has 1 N–H and O–H groups in total. The maximum atomic E-state index is 12.7. The molecule has 1 aromatic carbocycles. The van der Waals surface area contributed by atoms with Gasteiger partial charge in [-0.25, -0.2) is 4.79 Å². The van der Waals surface area contributed by atoms with E-state index in [-0.39, 0.29) is 24.2 Å². The molecule has 1 aliphatic heterocycles. The number of methoxy groups -OCH3 is 1. The van der Waals surface area contributed by atoms with Gasteiger partial charge in [0.1, 0.15) is 5.75 Å². The van der Waals surface area contributed by atoms with E-state index in [1.165, 1.54) is 0 Å². The minimum atomic E-state index is -1.07. The van der Waals surface area contributed by atoms with Crippen LogP contribution in [0.1, 0.15) is 34.2 Å². The summed E-state index contributed by atoms with van der Waals surface area (Å²) in [4.78, 5) is 28.0. The highest BCUT2D eigenvalue weighted by molar-refractivity contribution is 5.88. The number of likely N-dealkylation sites (N-methyl/N-ethyl adjacent to an activating group) is 1. The summed E-state index contributed by atoms with van der Waals surface area (Å²) in [6.45, 7) is 3.15. The predicted molar refractivity (Wildman–Crippen MR) is 104 cm³/mol. The number of ether oxygens (including phenoxy) is 1. The maximum Gasteiger partial charge on any atom is 0.356 e. The standard InChI is InChI=1S/C20H26N4O4/c1-13(22(2)3)19(25)23-10-9-17-16(12-23)18(20(26)27)21-24(17)11-14-5-7-15(28-4)8-6-14/h5-8,13H,9-12H2,1-4H3,(H,26,27)/t13-/m1/s1. The first-order chi connectivity index (χ1) is 13.3. The molecule has 8 heteroatoms. The second-order valence-corrected chi connectivity index (χ2v) is 7.23. The Balaban J connectivity index is 1.87. The van der Waals surface area contributed by atoms with Crippen LogP contribution in [0.3, 0.4) is 0 Å². The van der Waals surface area contributed by atoms with Crippen LogP contribution in [0.25, 0.3) is 0 Å². The van der Waals surface area contributed by atoms with Crippen LogP contribution in [-0.4, -0.2) is 70.4 Å². The quantitative estimate of drug-likeness (QED) is 0.809. The van der Waals surface area contributed by atoms with E-state index >= 15 is 0 Å². The molecule has 1 amide bonds. The van der Waals surface area contributed by atoms with E-state index < -0.39 is 5.97 Å². The zero-order chi connectivity index (χ0) is 20.4. The van der Waals surface area contributed by atoms with Gasteiger partial charge in [-0.15, -0.1) is 0 Å². The number of aromatic carboxylic acids is 1. The first kappa shape index (κ1) is 19.9. The van der Waals surface area contributed by atoms with Gasteiger partial charge in [-0.05, 0) is 38.7 Å². The summed E-state index contributed by atoms with van der Waals surface area (Å²) in [6.07, 6.45) is 0.581. The van der Waals surface area contributed by atoms with Crippen LogP contribution in [0.4, 0.5) is 0 Å². The fourth-order valence-electron chi connectivity index (χ4n) is 3.37. The summed E-state index contributed by atoms with van der Waals surface area (Å²) in [5, 5.41) is 13.9. The zero-order valence-corrected chi connectivity index (χ0v) is 16.7. The lowest BCUT2D eigenvalue weighted by atomic mass is 10.0. The van der Waals surface area contributed by atoms with Gasteiger partial charge in [-0.3, -0.25) is 14.4 Å². The summed E-state index contributed by atoms with van der Waals surface area (Å²) in [7, 11) is 5.32. The molecule has 0 bridgehead atoms. The molecule has 150 valence electrons. The molecule has 0 saturated carbocycles. The molecule has 28 heavy (non-hydrogen) atoms. The van der Waals surface area contributed by atoms with Crippen molar-refractivity contribution < 1.29 is 19.4 Å². The third-order valence-electron chi connectivity index (χ3n) is 5.27. The van der Waals surface area contributed by atoms with E-state index in [4.69, 9.17) is 4.74 Å². The van der Waals surface area contributed by atoms with E-state index in [0.717, 1.165) is 17.0 Å². The predicted octanol–water partition coefficient (Wildman–Crippen LogP) is 1.47. The molecule has 0 saturated heterocycles. The van der Waals surface area contributed by atoms with Crippen molar-refractivity contribution in [1.82, 2.24) is 19.6 Å². The number of amides is 1. The lowest BCUT2D eigenvalue weighted by Crippen LogP contribution is -2.46. The number of carbonyl (C=O) groups excluding carboxylic acids is 1. The minimum absolute atomic E-state index is 0.00473. The Morgan fingerprint density at radius 1 is 1.29 bits per heavy atom. The van der Waals surface area contributed by atoms with Gasteiger partial charge in [0, 0.05) is 30.8 Å². The topological polar surface area (TPSA) is 87.9 Å². The van der Waals surface area contributed by atoms with Crippen molar-refractivity contribution in [2.45, 2.75) is 32.5 Å². The summed E-state index contributed by atoms with van der Waals surface area (Å²) in [5.41, 5.74) is 2.54. The molecule has 2 aromatic rings. The molecule has 2 heterocycles. The van der Waals surface area contributed by atoms with Crippen LogP contribution in [0.2, 0.25) is 0 Å². The Hall–Kier alpha value is -2.87. The van der Waals surface area contributed by atoms with Crippen LogP contribution >= 0.6 is 0 Å². The van der Waals surface area contributed by atoms with Gasteiger partial charge >= 0.3 is 5.97 Å². The number of hydrogen-bond acceptors (Lipinski definition) is 5. The fraction of sp³-hybridized carbons (Fsp3) is 0.450. The van der Waals surface area contributed by atoms with Crippen LogP contribution < -0.4 is 4.74 Å². The molecule has 8 nitrogen and oxygen atoms in total. The Kier molecular flexibility index (Phi) is 5.69. The molecule has 0 fully saturated rings. The molecule has 1 aromatic heterocycles. The van der Waals surface area contributed by atoms with Gasteiger partial charge in [-0.2, -0.15) is 5.10 Å². The number of nitrogens with zero attached hydrogens (tertiary/aromatic N) is 4. The molecular weight excluding hydrogens is 360 g/mol. The van der Waals surface area contributed by atoms with Gasteiger partial charge in [0.25, 0.3) is 0 Å². The van der Waals surface area contributed by atoms with Gasteiger partial charge in [0.15, 0.2) is 5.69 Å². The maximum absolute atomic E-state index is 12.7. The van der Waals surface area contributed by atoms with Crippen molar-refractivity contribution >= 4 is 11.9 Å². The minimum Gasteiger partial charge on any atom is -0.497 e. The zero-order valence-electron chi connectivity index (χ0n) is 16.7. The molecule has 0 unspecified atom stereocenters. The lowest BCUT2D eigenvalue weighted by molar-refractivity contribution is -0.136. The van der Waals surface area contributed by atoms with Crippen molar-refractivity contribution in [2.75, 3.05) is 27.7 Å². The first-order valence-electron chi connectivity index (χ1n) is 9.21. The van der Waals surface area contributed by atoms with Gasteiger partial charge in [0.2, 0.25) is 5.91 Å². The highest BCUT2D eigenvalue weighted by Crippen LogP contribution is 2.25. The van der Waals surface area contributed by atoms with Crippen molar-refractivity contribution in [1.29, 1.82) is 0 Å². The number of carboxylic acids is 1. The van der Waals surface area contributed by atoms with E-state index in [2.05, 4.69) is 5.10 Å². The second kappa shape index (κ2) is 8.02. The third-order valence-corrected chi connectivity index (χ3v) is 5.27. The molecule has 1 atom stereocenters. The summed E-state index contributed by atoms with van der Waals surface area (Å²) in [5.74, 6) is -0.309. The Morgan fingerprint density at radius 2 is 1.96 bits per heavy atom. The summed E-state index contributed by atoms with van der Waals surface area (Å²) >= 11 is 0. The van der Waals surface area contributed by atoms with Gasteiger partial charge in [-0.1, -0.05) is 12.1 Å². The van der Waals surface area contributed by atoms with Gasteiger partial charge in [0.05, 0.1) is 19.7 Å². The smallest absolute Gasteiger partial charge is 0.356 e. The monoisotopic (exact) mass is 386 g/mol. The fourth-order valence-corrected chi connectivity index (χ4v) is 3.37. The van der Waals surface area contributed by atoms with Gasteiger partial charge < -0.3 is 14.7 Å². The number of rotatable bonds is 6. The molecular formula is C20H26N4O4. The summed E-state index contributed by atoms with van der Waals surface area (Å²) in [6, 6.07) is 7.35. The number of carboxylic acid groups (broad SMARTS) is 1. The Morgan fingerprint density at radius 3 is 2.54 bits per heavy atom. The van der Waals surface area contributed by atoms with Crippen molar-refractivity contribution in [2.24, 2.45) is 0 Å². The number of fused-ring (bicyclic) bond motifs is 1. The summed E-state index contributed by atoms with van der Waals surface area (Å²) < 4.78 is 6.92. The number of carbonyl (C=O) groups is 2. The normalized spacial score (nSPS) is 14.7. The van der Waals surface area contributed by atoms with Crippen LogP contribution in [0.15, 0.2) is 24.3 Å². The van der Waals surface area contributed by atoms with E-state index in [9.17, 15) is 14.7 Å².